The fourth-order valence-electron chi connectivity index (χ4n) is 4.15. The Morgan fingerprint density at radius 1 is 1.18 bits per heavy atom. The number of rotatable bonds is 9. The van der Waals surface area contributed by atoms with E-state index >= 15 is 0 Å². The van der Waals surface area contributed by atoms with Gasteiger partial charge in [-0.15, -0.1) is 0 Å². The van der Waals surface area contributed by atoms with Crippen molar-refractivity contribution in [1.82, 2.24) is 20.3 Å². The third kappa shape index (κ3) is 6.79. The molecule has 1 aliphatic carbocycles. The SMILES string of the molecule is CC(C)(C)OC(=O)NC1(c2ncc(-c3cnc([N+](=O)[O-])c(NCc4c(Br)cccc4OC(F)F)c3)cn2)CCC1. The first-order valence-electron chi connectivity index (χ1n) is 12.3. The molecule has 40 heavy (non-hydrogen) atoms. The lowest BCUT2D eigenvalue weighted by Gasteiger charge is -2.41. The molecule has 1 amide bonds. The molecule has 0 atom stereocenters. The minimum Gasteiger partial charge on any atom is -0.444 e. The first-order valence-corrected chi connectivity index (χ1v) is 13.1. The van der Waals surface area contributed by atoms with Gasteiger partial charge in [-0.25, -0.2) is 14.8 Å². The van der Waals surface area contributed by atoms with Crippen LogP contribution in [0.25, 0.3) is 11.1 Å². The molecule has 0 bridgehead atoms. The number of nitro groups is 1. The number of hydrogen-bond donors (Lipinski definition) is 2. The minimum absolute atomic E-state index is 0.0624. The fourth-order valence-corrected chi connectivity index (χ4v) is 4.64. The summed E-state index contributed by atoms with van der Waals surface area (Å²) >= 11 is 3.31. The van der Waals surface area contributed by atoms with E-state index in [0.29, 0.717) is 39.8 Å². The van der Waals surface area contributed by atoms with Crippen LogP contribution in [0.4, 0.5) is 25.1 Å². The Balaban J connectivity index is 1.57. The van der Waals surface area contributed by atoms with E-state index in [1.54, 1.807) is 39.2 Å². The summed E-state index contributed by atoms with van der Waals surface area (Å²) in [7, 11) is 0. The molecule has 4 rings (SSSR count). The van der Waals surface area contributed by atoms with E-state index in [2.05, 4.69) is 46.3 Å². The molecule has 0 unspecified atom stereocenters. The van der Waals surface area contributed by atoms with Gasteiger partial charge in [-0.1, -0.05) is 22.0 Å². The lowest BCUT2D eigenvalue weighted by atomic mass is 9.76. The first-order chi connectivity index (χ1) is 18.9. The smallest absolute Gasteiger partial charge is 0.408 e. The van der Waals surface area contributed by atoms with Crippen molar-refractivity contribution in [3.05, 3.63) is 68.8 Å². The molecule has 1 aliphatic rings. The van der Waals surface area contributed by atoms with Crippen molar-refractivity contribution < 1.29 is 28.0 Å². The number of nitrogens with zero attached hydrogens (tertiary/aromatic N) is 4. The van der Waals surface area contributed by atoms with Crippen molar-refractivity contribution in [2.45, 2.75) is 64.3 Å². The van der Waals surface area contributed by atoms with Gasteiger partial charge in [0, 0.05) is 40.1 Å². The molecule has 2 N–H and O–H groups in total. The van der Waals surface area contributed by atoms with Crippen molar-refractivity contribution >= 4 is 33.5 Å². The van der Waals surface area contributed by atoms with Crippen molar-refractivity contribution in [3.63, 3.8) is 0 Å². The molecule has 2 aromatic heterocycles. The second-order valence-corrected chi connectivity index (χ2v) is 11.0. The van der Waals surface area contributed by atoms with Crippen LogP contribution in [-0.4, -0.2) is 38.2 Å². The summed E-state index contributed by atoms with van der Waals surface area (Å²) < 4.78 is 36.2. The maximum atomic E-state index is 12.9. The van der Waals surface area contributed by atoms with Gasteiger partial charge in [-0.3, -0.25) is 0 Å². The molecular formula is C26H27BrF2N6O5. The second kappa shape index (κ2) is 11.7. The number of alkyl carbamates (subject to hydrolysis) is 1. The largest absolute Gasteiger partial charge is 0.444 e. The molecule has 0 spiro atoms. The summed E-state index contributed by atoms with van der Waals surface area (Å²) in [6.07, 6.45) is 6.08. The third-order valence-corrected chi connectivity index (χ3v) is 6.89. The molecule has 3 aromatic rings. The van der Waals surface area contributed by atoms with E-state index < -0.39 is 34.6 Å². The molecule has 0 saturated heterocycles. The number of carbonyl (C=O) groups is 1. The standard InChI is InChI=1S/C26H27BrF2N6O5/c1-25(2,3)40-24(36)34-26(8-5-9-26)22-32-12-16(13-33-22)15-10-19(21(31-11-15)35(37)38)30-14-17-18(27)6-4-7-20(17)39-23(28)29/h4,6-7,10-13,23,30H,5,8-9,14H2,1-3H3,(H,34,36). The highest BCUT2D eigenvalue weighted by molar-refractivity contribution is 9.10. The van der Waals surface area contributed by atoms with Crippen LogP contribution in [-0.2, 0) is 16.8 Å². The van der Waals surface area contributed by atoms with Crippen LogP contribution in [0.2, 0.25) is 0 Å². The minimum atomic E-state index is -3.03. The number of aromatic nitrogens is 3. The quantitative estimate of drug-likeness (QED) is 0.207. The van der Waals surface area contributed by atoms with Gasteiger partial charge in [-0.05, 0) is 68.1 Å². The zero-order valence-electron chi connectivity index (χ0n) is 21.9. The highest BCUT2D eigenvalue weighted by Crippen LogP contribution is 2.40. The number of halogens is 3. The van der Waals surface area contributed by atoms with Crippen molar-refractivity contribution in [1.29, 1.82) is 0 Å². The highest BCUT2D eigenvalue weighted by atomic mass is 79.9. The Morgan fingerprint density at radius 2 is 1.85 bits per heavy atom. The predicted octanol–water partition coefficient (Wildman–Crippen LogP) is 6.33. The van der Waals surface area contributed by atoms with Gasteiger partial charge in [0.15, 0.2) is 5.82 Å². The Morgan fingerprint density at radius 3 is 2.42 bits per heavy atom. The Bertz CT molecular complexity index is 1400. The van der Waals surface area contributed by atoms with Gasteiger partial charge >= 0.3 is 18.5 Å². The van der Waals surface area contributed by atoms with Crippen LogP contribution in [0.15, 0.2) is 47.3 Å². The van der Waals surface area contributed by atoms with Gasteiger partial charge in [0.25, 0.3) is 0 Å². The summed E-state index contributed by atoms with van der Waals surface area (Å²) in [5.74, 6) is -0.0840. The van der Waals surface area contributed by atoms with E-state index in [0.717, 1.165) is 6.42 Å². The summed E-state index contributed by atoms with van der Waals surface area (Å²) in [6, 6.07) is 6.06. The van der Waals surface area contributed by atoms with E-state index in [1.807, 2.05) is 0 Å². The van der Waals surface area contributed by atoms with Crippen LogP contribution in [0, 0.1) is 10.1 Å². The lowest BCUT2D eigenvalue weighted by molar-refractivity contribution is -0.388. The summed E-state index contributed by atoms with van der Waals surface area (Å²) in [5.41, 5.74) is 0.0400. The monoisotopic (exact) mass is 620 g/mol. The molecule has 1 fully saturated rings. The molecule has 14 heteroatoms. The van der Waals surface area contributed by atoms with Crippen LogP contribution < -0.4 is 15.4 Å². The van der Waals surface area contributed by atoms with E-state index in [-0.39, 0.29) is 18.0 Å². The predicted molar refractivity (Wildman–Crippen MR) is 145 cm³/mol. The second-order valence-electron chi connectivity index (χ2n) is 10.2. The van der Waals surface area contributed by atoms with Crippen LogP contribution in [0.3, 0.4) is 0 Å². The number of pyridine rings is 1. The van der Waals surface area contributed by atoms with Crippen molar-refractivity contribution in [2.75, 3.05) is 5.32 Å². The van der Waals surface area contributed by atoms with Crippen molar-refractivity contribution in [3.8, 4) is 16.9 Å². The molecule has 1 aromatic carbocycles. The number of nitrogens with one attached hydrogen (secondary N) is 2. The molecular weight excluding hydrogens is 594 g/mol. The molecule has 11 nitrogen and oxygen atoms in total. The first kappa shape index (κ1) is 29.1. The Labute approximate surface area is 237 Å². The maximum absolute atomic E-state index is 12.9. The Kier molecular flexibility index (Phi) is 8.47. The zero-order valence-corrected chi connectivity index (χ0v) is 23.5. The van der Waals surface area contributed by atoms with Gasteiger partial charge in [-0.2, -0.15) is 8.78 Å². The van der Waals surface area contributed by atoms with E-state index in [1.165, 1.54) is 24.4 Å². The van der Waals surface area contributed by atoms with Gasteiger partial charge < -0.3 is 30.2 Å². The molecule has 1 saturated carbocycles. The number of alkyl halides is 2. The molecule has 2 heterocycles. The highest BCUT2D eigenvalue weighted by Gasteiger charge is 2.43. The summed E-state index contributed by atoms with van der Waals surface area (Å²) in [6.45, 7) is 2.24. The normalized spacial score (nSPS) is 14.3. The number of ether oxygens (including phenoxy) is 2. The zero-order chi connectivity index (χ0) is 29.1. The Hall–Kier alpha value is -3.94. The number of carbonyl (C=O) groups excluding carboxylic acids is 1. The molecule has 212 valence electrons. The molecule has 0 aliphatic heterocycles. The topological polar surface area (TPSA) is 141 Å². The number of anilines is 1. The number of amides is 1. The lowest BCUT2D eigenvalue weighted by Crippen LogP contribution is -2.53. The van der Waals surface area contributed by atoms with E-state index in [9.17, 15) is 23.7 Å². The number of hydrogen-bond acceptors (Lipinski definition) is 9. The average molecular weight is 621 g/mol. The molecule has 0 radical (unpaired) electrons. The number of benzene rings is 1. The van der Waals surface area contributed by atoms with Gasteiger partial charge in [0.2, 0.25) is 0 Å². The fraction of sp³-hybridized carbons (Fsp3) is 0.385. The summed E-state index contributed by atoms with van der Waals surface area (Å²) in [4.78, 5) is 36.3. The van der Waals surface area contributed by atoms with Crippen molar-refractivity contribution in [2.24, 2.45) is 0 Å². The van der Waals surface area contributed by atoms with Crippen LogP contribution >= 0.6 is 15.9 Å². The maximum Gasteiger partial charge on any atom is 0.408 e. The third-order valence-electron chi connectivity index (χ3n) is 6.15. The van der Waals surface area contributed by atoms with Gasteiger partial charge in [0.1, 0.15) is 28.8 Å². The average Bonchev–Trinajstić information content (AvgIpc) is 2.84. The van der Waals surface area contributed by atoms with Gasteiger partial charge in [0.05, 0.1) is 0 Å². The van der Waals surface area contributed by atoms with E-state index in [4.69, 9.17) is 4.74 Å². The van der Waals surface area contributed by atoms with Crippen LogP contribution in [0.5, 0.6) is 5.75 Å². The summed E-state index contributed by atoms with van der Waals surface area (Å²) in [5, 5.41) is 17.4. The van der Waals surface area contributed by atoms with Crippen LogP contribution in [0.1, 0.15) is 51.4 Å².